The molecule has 0 unspecified atom stereocenters. The normalized spacial score (nSPS) is 12.6. The van der Waals surface area contributed by atoms with E-state index in [1.807, 2.05) is 0 Å². The third-order valence-corrected chi connectivity index (χ3v) is 1.04. The van der Waals surface area contributed by atoms with Crippen molar-refractivity contribution in [3.63, 3.8) is 0 Å². The van der Waals surface area contributed by atoms with Gasteiger partial charge in [0.2, 0.25) is 0 Å². The summed E-state index contributed by atoms with van der Waals surface area (Å²) in [6.45, 7) is -5.32. The van der Waals surface area contributed by atoms with E-state index in [0.29, 0.717) is 0 Å². The van der Waals surface area contributed by atoms with Crippen LogP contribution in [-0.2, 0) is 0 Å². The molecule has 0 fully saturated rings. The van der Waals surface area contributed by atoms with Crippen molar-refractivity contribution in [3.8, 4) is 0 Å². The van der Waals surface area contributed by atoms with Crippen LogP contribution in [0.25, 0.3) is 0 Å². The summed E-state index contributed by atoms with van der Waals surface area (Å²) in [4.78, 5) is 0. The zero-order valence-corrected chi connectivity index (χ0v) is 9.91. The average Bonchev–Trinajstić information content (AvgIpc) is 1.59. The van der Waals surface area contributed by atoms with Crippen LogP contribution >= 0.6 is 11.6 Å². The topological polar surface area (TPSA) is 20.2 Å². The van der Waals surface area contributed by atoms with Crippen molar-refractivity contribution in [2.75, 3.05) is 6.61 Å². The molecule has 0 heterocycles. The first-order chi connectivity index (χ1) is 4.45. The third-order valence-electron chi connectivity index (χ3n) is 0.720. The molecule has 0 aromatic rings. The molecular weight excluding hydrogens is 206 g/mol. The predicted octanol–water partition coefficient (Wildman–Crippen LogP) is -1.12. The molecule has 0 spiro atoms. The molecule has 0 aliphatic carbocycles. The Hall–Kier alpha value is 1.48. The zero-order chi connectivity index (χ0) is 8.20. The fourth-order valence-electron chi connectivity index (χ4n) is 0.395. The van der Waals surface area contributed by atoms with Crippen LogP contribution in [0.1, 0.15) is 6.42 Å². The minimum Gasteiger partial charge on any atom is -0.445 e. The van der Waals surface area contributed by atoms with E-state index in [0.717, 1.165) is 0 Å². The number of halogens is 4. The van der Waals surface area contributed by atoms with Gasteiger partial charge >= 0.3 is 58.4 Å². The Balaban J connectivity index is 0. The van der Waals surface area contributed by atoms with Crippen LogP contribution in [0.2, 0.25) is 0 Å². The van der Waals surface area contributed by atoms with Crippen molar-refractivity contribution < 1.29 is 69.4 Å². The maximum Gasteiger partial charge on any atom is 1.00 e. The fraction of sp³-hybridized carbons (Fsp3) is 0.500. The second kappa shape index (κ2) is 6.94. The van der Waals surface area contributed by atoms with Crippen molar-refractivity contribution in [2.45, 2.75) is 6.42 Å². The van der Waals surface area contributed by atoms with Gasteiger partial charge in [0, 0.05) is 13.0 Å². The van der Waals surface area contributed by atoms with E-state index >= 15 is 0 Å². The molecule has 0 rings (SSSR count). The number of hydrogen-bond acceptors (Lipinski definition) is 1. The second-order valence-corrected chi connectivity index (χ2v) is 2.20. The van der Waals surface area contributed by atoms with Gasteiger partial charge in [0.15, 0.2) is 0 Å². The first-order valence-electron chi connectivity index (χ1n) is 2.64. The minimum atomic E-state index is -4.96. The molecule has 1 nitrogen and oxygen atoms in total. The van der Waals surface area contributed by atoms with Crippen molar-refractivity contribution in [1.29, 1.82) is 0 Å². The molecule has 0 atom stereocenters. The van der Waals surface area contributed by atoms with Crippen LogP contribution in [-0.4, -0.2) is 18.7 Å². The molecule has 0 amide bonds. The SMILES string of the molecule is OCC/C(Cl)=C/[B-](F)(F)F.[K+]. The number of hydrogen-bond donors (Lipinski definition) is 1. The van der Waals surface area contributed by atoms with E-state index in [1.54, 1.807) is 0 Å². The quantitative estimate of drug-likeness (QED) is 0.588. The van der Waals surface area contributed by atoms with Gasteiger partial charge in [-0.1, -0.05) is 11.6 Å². The molecule has 0 aromatic carbocycles. The molecule has 0 aliphatic heterocycles. The average molecular weight is 212 g/mol. The van der Waals surface area contributed by atoms with E-state index in [1.165, 1.54) is 0 Å². The number of aliphatic hydroxyl groups excluding tert-OH is 1. The van der Waals surface area contributed by atoms with Crippen LogP contribution < -0.4 is 51.4 Å². The van der Waals surface area contributed by atoms with Crippen molar-refractivity contribution >= 4 is 18.6 Å². The summed E-state index contributed by atoms with van der Waals surface area (Å²) in [5, 5.41) is 7.80. The minimum absolute atomic E-state index is 0. The van der Waals surface area contributed by atoms with Gasteiger partial charge in [-0.3, -0.25) is 0 Å². The second-order valence-electron chi connectivity index (χ2n) is 1.71. The molecule has 0 aliphatic rings. The van der Waals surface area contributed by atoms with E-state index in [9.17, 15) is 12.9 Å². The van der Waals surface area contributed by atoms with Gasteiger partial charge < -0.3 is 18.1 Å². The molecule has 0 bridgehead atoms. The molecular formula is C4H6BClF3KO. The standard InChI is InChI=1S/C4H6BClF3O.K/c6-4(1-2-10)3-5(7,8)9;/h3,10H,1-2H2;/q-1;+1/b4-3-;. The molecule has 0 radical (unpaired) electrons. The Labute approximate surface area is 110 Å². The Kier molecular flexibility index (Phi) is 9.45. The molecule has 7 heteroatoms. The van der Waals surface area contributed by atoms with Crippen molar-refractivity contribution in [3.05, 3.63) is 11.0 Å². The third kappa shape index (κ3) is 11.5. The van der Waals surface area contributed by atoms with Gasteiger partial charge in [0.25, 0.3) is 0 Å². The summed E-state index contributed by atoms with van der Waals surface area (Å²) < 4.78 is 34.3. The van der Waals surface area contributed by atoms with E-state index in [2.05, 4.69) is 0 Å². The Morgan fingerprint density at radius 3 is 2.18 bits per heavy atom. The molecule has 0 saturated carbocycles. The Bertz CT molecular complexity index is 138. The van der Waals surface area contributed by atoms with Crippen molar-refractivity contribution in [1.82, 2.24) is 0 Å². The Morgan fingerprint density at radius 1 is 1.45 bits per heavy atom. The molecule has 11 heavy (non-hydrogen) atoms. The monoisotopic (exact) mass is 212 g/mol. The fourth-order valence-corrected chi connectivity index (χ4v) is 0.623. The Morgan fingerprint density at radius 2 is 1.91 bits per heavy atom. The van der Waals surface area contributed by atoms with Gasteiger partial charge in [-0.25, -0.2) is 0 Å². The van der Waals surface area contributed by atoms with E-state index < -0.39 is 6.98 Å². The van der Waals surface area contributed by atoms with Crippen LogP contribution in [0.15, 0.2) is 11.0 Å². The predicted molar refractivity (Wildman–Crippen MR) is 34.7 cm³/mol. The molecule has 0 saturated heterocycles. The number of rotatable bonds is 3. The van der Waals surface area contributed by atoms with Crippen LogP contribution in [0.4, 0.5) is 12.9 Å². The summed E-state index contributed by atoms with van der Waals surface area (Å²) in [5.74, 6) is 0.0256. The summed E-state index contributed by atoms with van der Waals surface area (Å²) in [6.07, 6.45) is -0.136. The number of aliphatic hydroxyl groups is 1. The first kappa shape index (κ1) is 15.0. The van der Waals surface area contributed by atoms with Gasteiger partial charge in [-0.15, -0.1) is 5.98 Å². The molecule has 1 N–H and O–H groups in total. The largest absolute Gasteiger partial charge is 1.00 e. The first-order valence-corrected chi connectivity index (χ1v) is 3.01. The van der Waals surface area contributed by atoms with E-state index in [-0.39, 0.29) is 75.4 Å². The molecule has 60 valence electrons. The summed E-state index contributed by atoms with van der Waals surface area (Å²) in [5.41, 5.74) is 0. The van der Waals surface area contributed by atoms with Crippen LogP contribution in [0.3, 0.4) is 0 Å². The summed E-state index contributed by atoms with van der Waals surface area (Å²) >= 11 is 5.06. The smallest absolute Gasteiger partial charge is 0.445 e. The van der Waals surface area contributed by atoms with Gasteiger partial charge in [0.05, 0.1) is 0 Å². The zero-order valence-electron chi connectivity index (χ0n) is 6.03. The van der Waals surface area contributed by atoms with Gasteiger partial charge in [0.1, 0.15) is 0 Å². The van der Waals surface area contributed by atoms with Crippen molar-refractivity contribution in [2.24, 2.45) is 0 Å². The van der Waals surface area contributed by atoms with Gasteiger partial charge in [-0.2, -0.15) is 0 Å². The van der Waals surface area contributed by atoms with Crippen LogP contribution in [0, 0.1) is 0 Å². The maximum absolute atomic E-state index is 11.4. The molecule has 0 aromatic heterocycles. The maximum atomic E-state index is 11.4. The van der Waals surface area contributed by atoms with E-state index in [4.69, 9.17) is 16.7 Å². The van der Waals surface area contributed by atoms with Gasteiger partial charge in [-0.05, 0) is 5.03 Å². The summed E-state index contributed by atoms with van der Waals surface area (Å²) in [6, 6.07) is 0. The van der Waals surface area contributed by atoms with Crippen LogP contribution in [0.5, 0.6) is 0 Å². The summed E-state index contributed by atoms with van der Waals surface area (Å²) in [7, 11) is 0.